The van der Waals surface area contributed by atoms with Crippen molar-refractivity contribution in [2.75, 3.05) is 4.90 Å². The second kappa shape index (κ2) is 4.37. The van der Waals surface area contributed by atoms with Gasteiger partial charge in [-0.05, 0) is 24.4 Å². The minimum Gasteiger partial charge on any atom is -0.376 e. The highest BCUT2D eigenvalue weighted by molar-refractivity contribution is 7.80. The number of anilines is 2. The summed E-state index contributed by atoms with van der Waals surface area (Å²) in [6, 6.07) is 9.71. The zero-order chi connectivity index (χ0) is 10.7. The van der Waals surface area contributed by atoms with E-state index in [4.69, 9.17) is 18.0 Å². The van der Waals surface area contributed by atoms with E-state index in [1.807, 2.05) is 35.7 Å². The van der Waals surface area contributed by atoms with Crippen LogP contribution < -0.4 is 10.6 Å². The monoisotopic (exact) mass is 235 g/mol. The van der Waals surface area contributed by atoms with Crippen LogP contribution >= 0.6 is 23.6 Å². The normalized spacial score (nSPS) is 9.87. The van der Waals surface area contributed by atoms with Crippen molar-refractivity contribution < 1.29 is 0 Å². The maximum Gasteiger partial charge on any atom is 0.196 e. The van der Waals surface area contributed by atoms with E-state index in [9.17, 15) is 0 Å². The molecule has 0 atom stereocenters. The van der Waals surface area contributed by atoms with Gasteiger partial charge in [0, 0.05) is 11.6 Å². The van der Waals surface area contributed by atoms with Gasteiger partial charge in [0.1, 0.15) is 0 Å². The molecule has 15 heavy (non-hydrogen) atoms. The Morgan fingerprint density at radius 2 is 2.07 bits per heavy atom. The number of nitrogens with zero attached hydrogens (tertiary/aromatic N) is 2. The Morgan fingerprint density at radius 1 is 1.33 bits per heavy atom. The Kier molecular flexibility index (Phi) is 2.94. The van der Waals surface area contributed by atoms with E-state index < -0.39 is 0 Å². The third kappa shape index (κ3) is 2.14. The SMILES string of the molecule is NC(=S)N(c1ccccc1)c1nccs1. The maximum absolute atomic E-state index is 5.68. The minimum absolute atomic E-state index is 0.302. The highest BCUT2D eigenvalue weighted by Gasteiger charge is 2.13. The number of hydrogen-bond acceptors (Lipinski definition) is 3. The first-order valence-electron chi connectivity index (χ1n) is 4.33. The van der Waals surface area contributed by atoms with Crippen LogP contribution in [0.4, 0.5) is 10.8 Å². The van der Waals surface area contributed by atoms with E-state index in [0.717, 1.165) is 10.8 Å². The summed E-state index contributed by atoms with van der Waals surface area (Å²) in [4.78, 5) is 5.94. The van der Waals surface area contributed by atoms with Gasteiger partial charge in [-0.3, -0.25) is 4.90 Å². The van der Waals surface area contributed by atoms with Crippen LogP contribution in [0.2, 0.25) is 0 Å². The predicted octanol–water partition coefficient (Wildman–Crippen LogP) is 2.52. The van der Waals surface area contributed by atoms with Crippen molar-refractivity contribution >= 4 is 39.5 Å². The van der Waals surface area contributed by atoms with Crippen LogP contribution in [0.25, 0.3) is 0 Å². The summed E-state index contributed by atoms with van der Waals surface area (Å²) in [5, 5.41) is 2.98. The molecule has 0 fully saturated rings. The first-order chi connectivity index (χ1) is 7.29. The van der Waals surface area contributed by atoms with Crippen LogP contribution in [-0.2, 0) is 0 Å². The van der Waals surface area contributed by atoms with Gasteiger partial charge < -0.3 is 5.73 Å². The quantitative estimate of drug-likeness (QED) is 0.812. The lowest BCUT2D eigenvalue weighted by Crippen LogP contribution is -2.30. The van der Waals surface area contributed by atoms with E-state index in [0.29, 0.717) is 5.11 Å². The summed E-state index contributed by atoms with van der Waals surface area (Å²) in [7, 11) is 0. The van der Waals surface area contributed by atoms with E-state index in [2.05, 4.69) is 4.98 Å². The van der Waals surface area contributed by atoms with Crippen LogP contribution in [0.5, 0.6) is 0 Å². The van der Waals surface area contributed by atoms with Gasteiger partial charge in [-0.1, -0.05) is 18.2 Å². The number of hydrogen-bond donors (Lipinski definition) is 1. The molecule has 1 heterocycles. The second-order valence-corrected chi connectivity index (χ2v) is 4.12. The van der Waals surface area contributed by atoms with Crippen LogP contribution in [0, 0.1) is 0 Å². The molecular weight excluding hydrogens is 226 g/mol. The highest BCUT2D eigenvalue weighted by atomic mass is 32.1. The fraction of sp³-hybridized carbons (Fsp3) is 0. The standard InChI is InChI=1S/C10H9N3S2/c11-9(14)13(10-12-6-7-15-10)8-4-2-1-3-5-8/h1-7H,(H2,11,14). The van der Waals surface area contributed by atoms with Crippen molar-refractivity contribution in [3.63, 3.8) is 0 Å². The zero-order valence-corrected chi connectivity index (χ0v) is 9.46. The Labute approximate surface area is 97.2 Å². The largest absolute Gasteiger partial charge is 0.376 e. The third-order valence-electron chi connectivity index (χ3n) is 1.85. The molecule has 3 nitrogen and oxygen atoms in total. The van der Waals surface area contributed by atoms with Gasteiger partial charge in [0.05, 0.1) is 5.69 Å². The molecule has 5 heteroatoms. The molecule has 76 valence electrons. The Morgan fingerprint density at radius 3 is 2.60 bits per heavy atom. The van der Waals surface area contributed by atoms with Gasteiger partial charge >= 0.3 is 0 Å². The molecule has 0 aliphatic carbocycles. The molecule has 0 aliphatic heterocycles. The molecule has 1 aromatic heterocycles. The molecule has 0 radical (unpaired) electrons. The third-order valence-corrected chi connectivity index (χ3v) is 2.78. The lowest BCUT2D eigenvalue weighted by atomic mass is 10.3. The van der Waals surface area contributed by atoms with Crippen LogP contribution in [0.3, 0.4) is 0 Å². The second-order valence-electron chi connectivity index (χ2n) is 2.82. The van der Waals surface area contributed by atoms with Crippen LogP contribution in [0.1, 0.15) is 0 Å². The van der Waals surface area contributed by atoms with Crippen molar-refractivity contribution in [1.29, 1.82) is 0 Å². The van der Waals surface area contributed by atoms with Crippen LogP contribution in [-0.4, -0.2) is 10.1 Å². The van der Waals surface area contributed by atoms with Gasteiger partial charge in [0.15, 0.2) is 10.2 Å². The Bertz CT molecular complexity index is 439. The molecule has 0 unspecified atom stereocenters. The van der Waals surface area contributed by atoms with E-state index >= 15 is 0 Å². The molecule has 0 spiro atoms. The average molecular weight is 235 g/mol. The zero-order valence-electron chi connectivity index (χ0n) is 7.83. The van der Waals surface area contributed by atoms with Crippen molar-refractivity contribution in [2.24, 2.45) is 5.73 Å². The number of thiazole rings is 1. The number of thiocarbonyl (C=S) groups is 1. The fourth-order valence-electron chi connectivity index (χ4n) is 1.24. The summed E-state index contributed by atoms with van der Waals surface area (Å²) >= 11 is 6.52. The molecular formula is C10H9N3S2. The van der Waals surface area contributed by atoms with Crippen molar-refractivity contribution in [3.8, 4) is 0 Å². The summed E-state index contributed by atoms with van der Waals surface area (Å²) < 4.78 is 0. The van der Waals surface area contributed by atoms with Gasteiger partial charge in [-0.25, -0.2) is 4.98 Å². The highest BCUT2D eigenvalue weighted by Crippen LogP contribution is 2.26. The Hall–Kier alpha value is -1.46. The molecule has 0 aliphatic rings. The molecule has 2 aromatic rings. The van der Waals surface area contributed by atoms with Gasteiger partial charge in [0.25, 0.3) is 0 Å². The van der Waals surface area contributed by atoms with Gasteiger partial charge in [-0.2, -0.15) is 0 Å². The summed E-state index contributed by atoms with van der Waals surface area (Å²) in [5.41, 5.74) is 6.61. The maximum atomic E-state index is 5.68. The number of rotatable bonds is 2. The van der Waals surface area contributed by atoms with Crippen molar-refractivity contribution in [1.82, 2.24) is 4.98 Å². The molecule has 2 rings (SSSR count). The number of aromatic nitrogens is 1. The number of benzene rings is 1. The molecule has 0 saturated heterocycles. The molecule has 0 saturated carbocycles. The van der Waals surface area contributed by atoms with Gasteiger partial charge in [-0.15, -0.1) is 11.3 Å². The molecule has 0 bridgehead atoms. The molecule has 0 amide bonds. The predicted molar refractivity (Wildman–Crippen MR) is 67.5 cm³/mol. The average Bonchev–Trinajstić information content (AvgIpc) is 2.72. The van der Waals surface area contributed by atoms with E-state index in [-0.39, 0.29) is 0 Å². The first kappa shape index (κ1) is 10.1. The summed E-state index contributed by atoms with van der Waals surface area (Å²) in [6.07, 6.45) is 1.73. The Balaban J connectivity index is 2.42. The van der Waals surface area contributed by atoms with Crippen LogP contribution in [0.15, 0.2) is 41.9 Å². The lowest BCUT2D eigenvalue weighted by Gasteiger charge is -2.19. The first-order valence-corrected chi connectivity index (χ1v) is 5.62. The molecule has 1 aromatic carbocycles. The molecule has 2 N–H and O–H groups in total. The van der Waals surface area contributed by atoms with Crippen molar-refractivity contribution in [2.45, 2.75) is 0 Å². The number of para-hydroxylation sites is 1. The van der Waals surface area contributed by atoms with Gasteiger partial charge in [0.2, 0.25) is 0 Å². The van der Waals surface area contributed by atoms with E-state index in [1.54, 1.807) is 11.1 Å². The number of nitrogens with two attached hydrogens (primary N) is 1. The summed E-state index contributed by atoms with van der Waals surface area (Å²) in [6.45, 7) is 0. The fourth-order valence-corrected chi connectivity index (χ4v) is 2.16. The topological polar surface area (TPSA) is 42.1 Å². The smallest absolute Gasteiger partial charge is 0.196 e. The van der Waals surface area contributed by atoms with Crippen molar-refractivity contribution in [3.05, 3.63) is 41.9 Å². The van der Waals surface area contributed by atoms with E-state index in [1.165, 1.54) is 11.3 Å². The lowest BCUT2D eigenvalue weighted by molar-refractivity contribution is 1.27. The minimum atomic E-state index is 0.302. The summed E-state index contributed by atoms with van der Waals surface area (Å²) in [5.74, 6) is 0.